The standard InChI is InChI=1S/C17H21N3/c1-2-3-13-20(16-7-5-4-6-8-16)17-11-9-15(10-12-17)14-19-18/h4-12,14H,2-3,13,18H2,1H3. The molecule has 0 saturated heterocycles. The predicted octanol–water partition coefficient (Wildman–Crippen LogP) is 3.92. The second kappa shape index (κ2) is 7.34. The maximum absolute atomic E-state index is 5.17. The first-order chi connectivity index (χ1) is 9.85. The predicted molar refractivity (Wildman–Crippen MR) is 86.6 cm³/mol. The fourth-order valence-corrected chi connectivity index (χ4v) is 2.16. The Balaban J connectivity index is 2.26. The first-order valence-corrected chi connectivity index (χ1v) is 7.01. The summed E-state index contributed by atoms with van der Waals surface area (Å²) in [5, 5.41) is 3.55. The Morgan fingerprint density at radius 2 is 1.65 bits per heavy atom. The van der Waals surface area contributed by atoms with E-state index in [0.29, 0.717) is 0 Å². The van der Waals surface area contributed by atoms with Crippen molar-refractivity contribution >= 4 is 17.6 Å². The molecule has 0 aromatic heterocycles. The van der Waals surface area contributed by atoms with Crippen LogP contribution >= 0.6 is 0 Å². The van der Waals surface area contributed by atoms with E-state index in [1.807, 2.05) is 18.2 Å². The van der Waals surface area contributed by atoms with Crippen molar-refractivity contribution in [2.75, 3.05) is 11.4 Å². The second-order valence-electron chi connectivity index (χ2n) is 4.71. The van der Waals surface area contributed by atoms with E-state index < -0.39 is 0 Å². The Bertz CT molecular complexity index is 532. The van der Waals surface area contributed by atoms with E-state index in [1.54, 1.807) is 6.21 Å². The molecule has 2 rings (SSSR count). The quantitative estimate of drug-likeness (QED) is 0.489. The summed E-state index contributed by atoms with van der Waals surface area (Å²) in [6.07, 6.45) is 4.00. The Morgan fingerprint density at radius 3 is 2.25 bits per heavy atom. The van der Waals surface area contributed by atoms with Crippen LogP contribution in [0.4, 0.5) is 11.4 Å². The molecule has 2 N–H and O–H groups in total. The van der Waals surface area contributed by atoms with Crippen molar-refractivity contribution in [3.8, 4) is 0 Å². The van der Waals surface area contributed by atoms with E-state index >= 15 is 0 Å². The van der Waals surface area contributed by atoms with Crippen LogP contribution in [0.2, 0.25) is 0 Å². The molecule has 20 heavy (non-hydrogen) atoms. The van der Waals surface area contributed by atoms with Crippen LogP contribution in [0.5, 0.6) is 0 Å². The van der Waals surface area contributed by atoms with Gasteiger partial charge in [0, 0.05) is 17.9 Å². The van der Waals surface area contributed by atoms with E-state index in [1.165, 1.54) is 24.2 Å². The number of hydrogen-bond acceptors (Lipinski definition) is 3. The molecule has 104 valence electrons. The van der Waals surface area contributed by atoms with Gasteiger partial charge < -0.3 is 10.7 Å². The second-order valence-corrected chi connectivity index (χ2v) is 4.71. The highest BCUT2D eigenvalue weighted by Crippen LogP contribution is 2.25. The lowest BCUT2D eigenvalue weighted by molar-refractivity contribution is 0.786. The molecule has 0 spiro atoms. The third kappa shape index (κ3) is 3.60. The van der Waals surface area contributed by atoms with Crippen molar-refractivity contribution in [3.05, 3.63) is 60.2 Å². The average molecular weight is 267 g/mol. The maximum atomic E-state index is 5.17. The van der Waals surface area contributed by atoms with Crippen molar-refractivity contribution in [2.45, 2.75) is 19.8 Å². The summed E-state index contributed by atoms with van der Waals surface area (Å²) in [7, 11) is 0. The Kier molecular flexibility index (Phi) is 5.18. The zero-order valence-corrected chi connectivity index (χ0v) is 11.9. The van der Waals surface area contributed by atoms with Crippen LogP contribution < -0.4 is 10.7 Å². The van der Waals surface area contributed by atoms with E-state index in [2.05, 4.69) is 53.3 Å². The lowest BCUT2D eigenvalue weighted by Crippen LogP contribution is -2.18. The first kappa shape index (κ1) is 14.1. The molecule has 0 aliphatic carbocycles. The molecule has 0 atom stereocenters. The molecule has 0 radical (unpaired) electrons. The Hall–Kier alpha value is -2.29. The molecule has 0 amide bonds. The molecule has 2 aromatic rings. The van der Waals surface area contributed by atoms with Gasteiger partial charge in [-0.3, -0.25) is 0 Å². The Labute approximate surface area is 120 Å². The number of hydrazone groups is 1. The van der Waals surface area contributed by atoms with E-state index in [-0.39, 0.29) is 0 Å². The highest BCUT2D eigenvalue weighted by molar-refractivity contribution is 5.80. The number of nitrogens with zero attached hydrogens (tertiary/aromatic N) is 2. The molecule has 0 bridgehead atoms. The largest absolute Gasteiger partial charge is 0.341 e. The molecule has 0 heterocycles. The monoisotopic (exact) mass is 267 g/mol. The average Bonchev–Trinajstić information content (AvgIpc) is 2.51. The number of anilines is 2. The molecule has 0 aliphatic rings. The van der Waals surface area contributed by atoms with Gasteiger partial charge in [0.15, 0.2) is 0 Å². The molecule has 0 saturated carbocycles. The van der Waals surface area contributed by atoms with Gasteiger partial charge in [-0.2, -0.15) is 5.10 Å². The van der Waals surface area contributed by atoms with Crippen molar-refractivity contribution in [1.82, 2.24) is 0 Å². The van der Waals surface area contributed by atoms with Crippen molar-refractivity contribution in [2.24, 2.45) is 10.9 Å². The minimum Gasteiger partial charge on any atom is -0.341 e. The van der Waals surface area contributed by atoms with Crippen molar-refractivity contribution in [1.29, 1.82) is 0 Å². The van der Waals surface area contributed by atoms with Gasteiger partial charge in [-0.25, -0.2) is 0 Å². The van der Waals surface area contributed by atoms with E-state index in [0.717, 1.165) is 12.1 Å². The molecule has 3 heteroatoms. The molecular formula is C17H21N3. The summed E-state index contributed by atoms with van der Waals surface area (Å²) in [4.78, 5) is 2.34. The van der Waals surface area contributed by atoms with Crippen LogP contribution in [0.1, 0.15) is 25.3 Å². The number of rotatable bonds is 6. The van der Waals surface area contributed by atoms with Crippen molar-refractivity contribution < 1.29 is 0 Å². The number of hydrogen-bond donors (Lipinski definition) is 1. The highest BCUT2D eigenvalue weighted by Gasteiger charge is 2.08. The summed E-state index contributed by atoms with van der Waals surface area (Å²) < 4.78 is 0. The van der Waals surface area contributed by atoms with Crippen LogP contribution in [0.25, 0.3) is 0 Å². The van der Waals surface area contributed by atoms with Crippen LogP contribution in [-0.2, 0) is 0 Å². The van der Waals surface area contributed by atoms with Gasteiger partial charge >= 0.3 is 0 Å². The molecule has 0 aliphatic heterocycles. The number of nitrogens with two attached hydrogens (primary N) is 1. The van der Waals surface area contributed by atoms with E-state index in [4.69, 9.17) is 5.84 Å². The van der Waals surface area contributed by atoms with Crippen LogP contribution in [0.3, 0.4) is 0 Å². The zero-order chi connectivity index (χ0) is 14.2. The number of benzene rings is 2. The topological polar surface area (TPSA) is 41.6 Å². The normalized spacial score (nSPS) is 10.8. The summed E-state index contributed by atoms with van der Waals surface area (Å²) in [6.45, 7) is 3.23. The van der Waals surface area contributed by atoms with Crippen LogP contribution in [0, 0.1) is 0 Å². The Morgan fingerprint density at radius 1 is 1.00 bits per heavy atom. The van der Waals surface area contributed by atoms with Crippen LogP contribution in [-0.4, -0.2) is 12.8 Å². The number of unbranched alkanes of at least 4 members (excludes halogenated alkanes) is 1. The molecular weight excluding hydrogens is 246 g/mol. The highest BCUT2D eigenvalue weighted by atomic mass is 15.1. The minimum atomic E-state index is 1.01. The molecule has 0 fully saturated rings. The zero-order valence-electron chi connectivity index (χ0n) is 11.9. The SMILES string of the molecule is CCCCN(c1ccccc1)c1ccc(C=NN)cc1. The van der Waals surface area contributed by atoms with Crippen molar-refractivity contribution in [3.63, 3.8) is 0 Å². The van der Waals surface area contributed by atoms with Gasteiger partial charge in [-0.15, -0.1) is 0 Å². The summed E-state index contributed by atoms with van der Waals surface area (Å²) in [6, 6.07) is 18.8. The van der Waals surface area contributed by atoms with Gasteiger partial charge in [-0.05, 0) is 36.2 Å². The third-order valence-corrected chi connectivity index (χ3v) is 3.23. The summed E-state index contributed by atoms with van der Waals surface area (Å²) in [5.74, 6) is 5.17. The molecule has 3 nitrogen and oxygen atoms in total. The van der Waals surface area contributed by atoms with Crippen LogP contribution in [0.15, 0.2) is 59.7 Å². The van der Waals surface area contributed by atoms with Gasteiger partial charge in [0.25, 0.3) is 0 Å². The number of para-hydroxylation sites is 1. The molecule has 0 unspecified atom stereocenters. The van der Waals surface area contributed by atoms with Gasteiger partial charge in [0.05, 0.1) is 6.21 Å². The van der Waals surface area contributed by atoms with Gasteiger partial charge in [0.2, 0.25) is 0 Å². The smallest absolute Gasteiger partial charge is 0.0538 e. The summed E-state index contributed by atoms with van der Waals surface area (Å²) in [5.41, 5.74) is 3.43. The summed E-state index contributed by atoms with van der Waals surface area (Å²) >= 11 is 0. The third-order valence-electron chi connectivity index (χ3n) is 3.23. The van der Waals surface area contributed by atoms with Gasteiger partial charge in [-0.1, -0.05) is 43.7 Å². The fourth-order valence-electron chi connectivity index (χ4n) is 2.16. The minimum absolute atomic E-state index is 1.01. The first-order valence-electron chi connectivity index (χ1n) is 7.01. The van der Waals surface area contributed by atoms with Gasteiger partial charge in [0.1, 0.15) is 0 Å². The fraction of sp³-hybridized carbons (Fsp3) is 0.235. The van der Waals surface area contributed by atoms with E-state index in [9.17, 15) is 0 Å². The molecule has 2 aromatic carbocycles. The maximum Gasteiger partial charge on any atom is 0.0538 e. The lowest BCUT2D eigenvalue weighted by Gasteiger charge is -2.25. The lowest BCUT2D eigenvalue weighted by atomic mass is 10.1.